The van der Waals surface area contributed by atoms with Crippen molar-refractivity contribution in [3.63, 3.8) is 0 Å². The maximum absolute atomic E-state index is 12.1. The highest BCUT2D eigenvalue weighted by atomic mass is 16.6. The maximum Gasteiger partial charge on any atom is 0.269 e. The summed E-state index contributed by atoms with van der Waals surface area (Å²) >= 11 is 0. The number of nitrogens with zero attached hydrogens (tertiary/aromatic N) is 1. The lowest BCUT2D eigenvalue weighted by Gasteiger charge is -2.16. The molecule has 0 heterocycles. The smallest absolute Gasteiger partial charge is 0.269 e. The largest absolute Gasteiger partial charge is 0.481 e. The van der Waals surface area contributed by atoms with Crippen LogP contribution in [0.15, 0.2) is 48.5 Å². The number of aryl methyl sites for hydroxylation is 1. The van der Waals surface area contributed by atoms with Gasteiger partial charge >= 0.3 is 0 Å². The molecule has 2 aromatic carbocycles. The van der Waals surface area contributed by atoms with Crippen molar-refractivity contribution in [1.29, 1.82) is 0 Å². The van der Waals surface area contributed by atoms with Crippen molar-refractivity contribution in [3.8, 4) is 5.75 Å². The molecule has 22 heavy (non-hydrogen) atoms. The third kappa shape index (κ3) is 3.82. The topological polar surface area (TPSA) is 81.5 Å². The summed E-state index contributed by atoms with van der Waals surface area (Å²) in [4.78, 5) is 22.2. The summed E-state index contributed by atoms with van der Waals surface area (Å²) in [5.41, 5.74) is 1.40. The molecule has 2 rings (SSSR count). The van der Waals surface area contributed by atoms with E-state index in [4.69, 9.17) is 4.74 Å². The number of amides is 1. The summed E-state index contributed by atoms with van der Waals surface area (Å²) in [5.74, 6) is 0.325. The normalized spacial score (nSPS) is 11.5. The third-order valence-electron chi connectivity index (χ3n) is 3.11. The quantitative estimate of drug-likeness (QED) is 0.678. The van der Waals surface area contributed by atoms with Crippen LogP contribution in [0.25, 0.3) is 0 Å². The molecule has 1 amide bonds. The van der Waals surface area contributed by atoms with Gasteiger partial charge in [0.15, 0.2) is 6.10 Å². The van der Waals surface area contributed by atoms with Crippen LogP contribution in [0, 0.1) is 17.0 Å². The Bertz CT molecular complexity index is 683. The molecule has 1 N–H and O–H groups in total. The molecule has 6 heteroatoms. The van der Waals surface area contributed by atoms with Crippen LogP contribution in [-0.4, -0.2) is 16.9 Å². The van der Waals surface area contributed by atoms with Gasteiger partial charge in [0.05, 0.1) is 4.92 Å². The number of hydrogen-bond donors (Lipinski definition) is 1. The molecular weight excluding hydrogens is 284 g/mol. The van der Waals surface area contributed by atoms with Crippen LogP contribution >= 0.6 is 0 Å². The molecule has 0 saturated carbocycles. The van der Waals surface area contributed by atoms with E-state index >= 15 is 0 Å². The molecular formula is C16H16N2O4. The van der Waals surface area contributed by atoms with E-state index in [1.54, 1.807) is 13.0 Å². The van der Waals surface area contributed by atoms with E-state index in [1.165, 1.54) is 24.3 Å². The fourth-order valence-electron chi connectivity index (χ4n) is 1.84. The van der Waals surface area contributed by atoms with Crippen molar-refractivity contribution in [3.05, 3.63) is 64.2 Å². The number of rotatable bonds is 5. The Kier molecular flexibility index (Phi) is 4.73. The van der Waals surface area contributed by atoms with Gasteiger partial charge < -0.3 is 10.1 Å². The summed E-state index contributed by atoms with van der Waals surface area (Å²) in [6.45, 7) is 3.55. The van der Waals surface area contributed by atoms with Gasteiger partial charge in [-0.25, -0.2) is 0 Å². The number of non-ortho nitro benzene ring substituents is 1. The van der Waals surface area contributed by atoms with Crippen molar-refractivity contribution in [2.24, 2.45) is 0 Å². The average Bonchev–Trinajstić information content (AvgIpc) is 2.50. The molecule has 0 aliphatic carbocycles. The number of nitro groups is 1. The van der Waals surface area contributed by atoms with Crippen LogP contribution in [-0.2, 0) is 4.79 Å². The Balaban J connectivity index is 1.99. The molecule has 0 spiro atoms. The van der Waals surface area contributed by atoms with Crippen LogP contribution in [0.1, 0.15) is 12.5 Å². The predicted octanol–water partition coefficient (Wildman–Crippen LogP) is 3.31. The zero-order chi connectivity index (χ0) is 16.1. The number of hydrogen-bond acceptors (Lipinski definition) is 4. The highest BCUT2D eigenvalue weighted by Gasteiger charge is 2.16. The van der Waals surface area contributed by atoms with Crippen LogP contribution in [0.2, 0.25) is 0 Å². The SMILES string of the molecule is Cc1ccccc1O[C@H](C)C(=O)Nc1ccc([N+](=O)[O-])cc1. The lowest BCUT2D eigenvalue weighted by atomic mass is 10.2. The molecule has 0 aliphatic rings. The van der Waals surface area contributed by atoms with Gasteiger partial charge in [0.25, 0.3) is 11.6 Å². The average molecular weight is 300 g/mol. The first-order valence-corrected chi connectivity index (χ1v) is 6.75. The standard InChI is InChI=1S/C16H16N2O4/c1-11-5-3-4-6-15(11)22-12(2)16(19)17-13-7-9-14(10-8-13)18(20)21/h3-10,12H,1-2H3,(H,17,19)/t12-/m1/s1. The zero-order valence-electron chi connectivity index (χ0n) is 12.3. The van der Waals surface area contributed by atoms with Crippen molar-refractivity contribution in [1.82, 2.24) is 0 Å². The lowest BCUT2D eigenvalue weighted by molar-refractivity contribution is -0.384. The molecule has 0 fully saturated rings. The molecule has 0 bridgehead atoms. The number of carbonyl (C=O) groups excluding carboxylic acids is 1. The van der Waals surface area contributed by atoms with Gasteiger partial charge in [-0.3, -0.25) is 14.9 Å². The fraction of sp³-hybridized carbons (Fsp3) is 0.188. The molecule has 0 saturated heterocycles. The highest BCUT2D eigenvalue weighted by molar-refractivity contribution is 5.94. The van der Waals surface area contributed by atoms with Gasteiger partial charge in [-0.15, -0.1) is 0 Å². The second kappa shape index (κ2) is 6.71. The second-order valence-electron chi connectivity index (χ2n) is 4.82. The predicted molar refractivity (Wildman–Crippen MR) is 83.0 cm³/mol. The van der Waals surface area contributed by atoms with E-state index in [9.17, 15) is 14.9 Å². The third-order valence-corrected chi connectivity index (χ3v) is 3.11. The Morgan fingerprint density at radius 2 is 1.82 bits per heavy atom. The van der Waals surface area contributed by atoms with Crippen molar-refractivity contribution < 1.29 is 14.5 Å². The number of para-hydroxylation sites is 1. The van der Waals surface area contributed by atoms with Gasteiger partial charge in [0.2, 0.25) is 0 Å². The monoisotopic (exact) mass is 300 g/mol. The molecule has 0 aliphatic heterocycles. The van der Waals surface area contributed by atoms with Gasteiger partial charge in [0.1, 0.15) is 5.75 Å². The molecule has 6 nitrogen and oxygen atoms in total. The summed E-state index contributed by atoms with van der Waals surface area (Å²) in [6, 6.07) is 13.1. The van der Waals surface area contributed by atoms with E-state index in [0.717, 1.165) is 5.56 Å². The number of carbonyl (C=O) groups is 1. The number of nitrogens with one attached hydrogen (secondary N) is 1. The molecule has 114 valence electrons. The van der Waals surface area contributed by atoms with Crippen molar-refractivity contribution in [2.75, 3.05) is 5.32 Å². The van der Waals surface area contributed by atoms with E-state index in [2.05, 4.69) is 5.32 Å². The summed E-state index contributed by atoms with van der Waals surface area (Å²) in [7, 11) is 0. The van der Waals surface area contributed by atoms with Crippen LogP contribution in [0.5, 0.6) is 5.75 Å². The minimum absolute atomic E-state index is 0.0257. The highest BCUT2D eigenvalue weighted by Crippen LogP contribution is 2.19. The first-order chi connectivity index (χ1) is 10.5. The zero-order valence-corrected chi connectivity index (χ0v) is 12.3. The molecule has 0 aromatic heterocycles. The number of nitro benzene ring substituents is 1. The van der Waals surface area contributed by atoms with Crippen molar-refractivity contribution in [2.45, 2.75) is 20.0 Å². The number of benzene rings is 2. The van der Waals surface area contributed by atoms with Gasteiger partial charge in [-0.1, -0.05) is 18.2 Å². The van der Waals surface area contributed by atoms with E-state index < -0.39 is 11.0 Å². The molecule has 2 aromatic rings. The van der Waals surface area contributed by atoms with Gasteiger partial charge in [0, 0.05) is 17.8 Å². The summed E-state index contributed by atoms with van der Waals surface area (Å²) < 4.78 is 5.62. The summed E-state index contributed by atoms with van der Waals surface area (Å²) in [5, 5.41) is 13.2. The van der Waals surface area contributed by atoms with E-state index in [-0.39, 0.29) is 11.6 Å². The Labute approximate surface area is 127 Å². The van der Waals surface area contributed by atoms with E-state index in [0.29, 0.717) is 11.4 Å². The van der Waals surface area contributed by atoms with Crippen LogP contribution < -0.4 is 10.1 Å². The molecule has 1 atom stereocenters. The minimum atomic E-state index is -0.684. The van der Waals surface area contributed by atoms with Gasteiger partial charge in [-0.2, -0.15) is 0 Å². The fourth-order valence-corrected chi connectivity index (χ4v) is 1.84. The Hall–Kier alpha value is -2.89. The van der Waals surface area contributed by atoms with Crippen LogP contribution in [0.3, 0.4) is 0 Å². The van der Waals surface area contributed by atoms with E-state index in [1.807, 2.05) is 25.1 Å². The Morgan fingerprint density at radius 3 is 2.41 bits per heavy atom. The van der Waals surface area contributed by atoms with Crippen molar-refractivity contribution >= 4 is 17.3 Å². The number of ether oxygens (including phenoxy) is 1. The lowest BCUT2D eigenvalue weighted by Crippen LogP contribution is -2.30. The Morgan fingerprint density at radius 1 is 1.18 bits per heavy atom. The summed E-state index contributed by atoms with van der Waals surface area (Å²) in [6.07, 6.45) is -0.684. The first kappa shape index (κ1) is 15.5. The molecule has 0 unspecified atom stereocenters. The minimum Gasteiger partial charge on any atom is -0.481 e. The maximum atomic E-state index is 12.1. The van der Waals surface area contributed by atoms with Crippen LogP contribution in [0.4, 0.5) is 11.4 Å². The number of anilines is 1. The second-order valence-corrected chi connectivity index (χ2v) is 4.82. The van der Waals surface area contributed by atoms with Gasteiger partial charge in [-0.05, 0) is 37.6 Å². The first-order valence-electron chi connectivity index (χ1n) is 6.75. The molecule has 0 radical (unpaired) electrons.